The van der Waals surface area contributed by atoms with Crippen LogP contribution in [0, 0.1) is 5.92 Å². The summed E-state index contributed by atoms with van der Waals surface area (Å²) in [6.45, 7) is 3.54. The van der Waals surface area contributed by atoms with Gasteiger partial charge in [0, 0.05) is 18.8 Å². The molecular formula is C10H17NO2. The summed E-state index contributed by atoms with van der Waals surface area (Å²) in [6, 6.07) is 0. The third-order valence-corrected chi connectivity index (χ3v) is 2.81. The van der Waals surface area contributed by atoms with E-state index >= 15 is 0 Å². The lowest BCUT2D eigenvalue weighted by Crippen LogP contribution is -2.26. The van der Waals surface area contributed by atoms with Crippen LogP contribution in [-0.2, 0) is 4.74 Å². The van der Waals surface area contributed by atoms with Crippen LogP contribution < -0.4 is 0 Å². The van der Waals surface area contributed by atoms with Crippen LogP contribution in [0.25, 0.3) is 0 Å². The molecule has 2 rings (SSSR count). The number of fused-ring (bicyclic) bond motifs is 2. The van der Waals surface area contributed by atoms with E-state index in [2.05, 4.69) is 11.0 Å². The van der Waals surface area contributed by atoms with Crippen molar-refractivity contribution in [3.05, 3.63) is 11.8 Å². The molecule has 74 valence electrons. The predicted molar refractivity (Wildman–Crippen MR) is 50.3 cm³/mol. The Morgan fingerprint density at radius 1 is 1.54 bits per heavy atom. The number of ether oxygens (including phenoxy) is 1. The van der Waals surface area contributed by atoms with E-state index < -0.39 is 0 Å². The van der Waals surface area contributed by atoms with Gasteiger partial charge >= 0.3 is 0 Å². The van der Waals surface area contributed by atoms with Gasteiger partial charge < -0.3 is 14.7 Å². The van der Waals surface area contributed by atoms with Gasteiger partial charge in [-0.3, -0.25) is 0 Å². The molecule has 13 heavy (non-hydrogen) atoms. The van der Waals surface area contributed by atoms with E-state index in [0.717, 1.165) is 19.1 Å². The van der Waals surface area contributed by atoms with Crippen LogP contribution in [-0.4, -0.2) is 42.9 Å². The van der Waals surface area contributed by atoms with Gasteiger partial charge in [-0.1, -0.05) is 6.08 Å². The smallest absolute Gasteiger partial charge is 0.0698 e. The molecule has 1 aliphatic heterocycles. The molecule has 1 atom stereocenters. The first-order chi connectivity index (χ1) is 6.40. The fourth-order valence-electron chi connectivity index (χ4n) is 2.17. The number of nitrogens with zero attached hydrogens (tertiary/aromatic N) is 1. The lowest BCUT2D eigenvalue weighted by Gasteiger charge is -2.22. The number of hydrogen-bond donors (Lipinski definition) is 1. The summed E-state index contributed by atoms with van der Waals surface area (Å²) in [7, 11) is 0. The molecule has 3 heteroatoms. The quantitative estimate of drug-likeness (QED) is 0.634. The zero-order chi connectivity index (χ0) is 9.10. The highest BCUT2D eigenvalue weighted by Gasteiger charge is 2.29. The van der Waals surface area contributed by atoms with Crippen molar-refractivity contribution in [3.8, 4) is 0 Å². The maximum absolute atomic E-state index is 8.51. The molecule has 0 amide bonds. The lowest BCUT2D eigenvalue weighted by molar-refractivity contribution is 0.0805. The molecule has 0 radical (unpaired) electrons. The van der Waals surface area contributed by atoms with Crippen LogP contribution in [0.1, 0.15) is 12.8 Å². The van der Waals surface area contributed by atoms with Crippen LogP contribution in [0.5, 0.6) is 0 Å². The zero-order valence-corrected chi connectivity index (χ0v) is 7.91. The third-order valence-electron chi connectivity index (χ3n) is 2.81. The minimum Gasteiger partial charge on any atom is -0.394 e. The van der Waals surface area contributed by atoms with E-state index in [1.807, 2.05) is 0 Å². The first kappa shape index (κ1) is 9.03. The summed E-state index contributed by atoms with van der Waals surface area (Å²) in [4.78, 5) is 2.41. The summed E-state index contributed by atoms with van der Waals surface area (Å²) in [5.74, 6) is 0.882. The molecule has 0 spiro atoms. The van der Waals surface area contributed by atoms with Gasteiger partial charge in [0.15, 0.2) is 0 Å². The van der Waals surface area contributed by atoms with Gasteiger partial charge in [-0.25, -0.2) is 0 Å². The van der Waals surface area contributed by atoms with Gasteiger partial charge in [-0.2, -0.15) is 0 Å². The Hall–Kier alpha value is -0.540. The SMILES string of the molecule is OCCOCCN1CC2CC=C1C2. The Bertz CT molecular complexity index is 203. The van der Waals surface area contributed by atoms with E-state index in [9.17, 15) is 0 Å². The highest BCUT2D eigenvalue weighted by atomic mass is 16.5. The molecular weight excluding hydrogens is 166 g/mol. The molecule has 0 aromatic carbocycles. The van der Waals surface area contributed by atoms with Crippen LogP contribution in [0.15, 0.2) is 11.8 Å². The van der Waals surface area contributed by atoms with Crippen molar-refractivity contribution in [3.63, 3.8) is 0 Å². The minimum atomic E-state index is 0.130. The van der Waals surface area contributed by atoms with Crippen molar-refractivity contribution < 1.29 is 9.84 Å². The van der Waals surface area contributed by atoms with Gasteiger partial charge in [0.1, 0.15) is 0 Å². The maximum Gasteiger partial charge on any atom is 0.0698 e. The molecule has 1 N–H and O–H groups in total. The van der Waals surface area contributed by atoms with Crippen LogP contribution in [0.4, 0.5) is 0 Å². The Morgan fingerprint density at radius 3 is 3.08 bits per heavy atom. The number of rotatable bonds is 5. The fourth-order valence-corrected chi connectivity index (χ4v) is 2.17. The highest BCUT2D eigenvalue weighted by Crippen LogP contribution is 2.35. The molecule has 2 aliphatic rings. The van der Waals surface area contributed by atoms with Crippen molar-refractivity contribution in [2.75, 3.05) is 32.9 Å². The lowest BCUT2D eigenvalue weighted by atomic mass is 10.1. The third kappa shape index (κ3) is 2.03. The number of likely N-dealkylation sites (tertiary alicyclic amines) is 1. The number of hydrogen-bond acceptors (Lipinski definition) is 3. The van der Waals surface area contributed by atoms with Gasteiger partial charge in [0.05, 0.1) is 19.8 Å². The van der Waals surface area contributed by atoms with E-state index in [1.54, 1.807) is 0 Å². The monoisotopic (exact) mass is 183 g/mol. The summed E-state index contributed by atoms with van der Waals surface area (Å²) in [5.41, 5.74) is 1.51. The molecule has 1 heterocycles. The molecule has 1 aliphatic carbocycles. The van der Waals surface area contributed by atoms with Crippen LogP contribution in [0.3, 0.4) is 0 Å². The van der Waals surface area contributed by atoms with Crippen molar-refractivity contribution >= 4 is 0 Å². The maximum atomic E-state index is 8.51. The van der Waals surface area contributed by atoms with Crippen molar-refractivity contribution in [1.82, 2.24) is 4.90 Å². The minimum absolute atomic E-state index is 0.130. The second-order valence-electron chi connectivity index (χ2n) is 3.78. The summed E-state index contributed by atoms with van der Waals surface area (Å²) in [6.07, 6.45) is 4.91. The second kappa shape index (κ2) is 4.11. The molecule has 0 saturated carbocycles. The molecule has 1 saturated heterocycles. The van der Waals surface area contributed by atoms with Gasteiger partial charge in [0.2, 0.25) is 0 Å². The van der Waals surface area contributed by atoms with Gasteiger partial charge in [-0.05, 0) is 18.8 Å². The van der Waals surface area contributed by atoms with E-state index in [4.69, 9.17) is 9.84 Å². The van der Waals surface area contributed by atoms with E-state index in [1.165, 1.54) is 25.1 Å². The van der Waals surface area contributed by atoms with Gasteiger partial charge in [-0.15, -0.1) is 0 Å². The van der Waals surface area contributed by atoms with E-state index in [-0.39, 0.29) is 6.61 Å². The zero-order valence-electron chi connectivity index (χ0n) is 7.91. The fraction of sp³-hybridized carbons (Fsp3) is 0.800. The normalized spacial score (nSPS) is 25.5. The molecule has 1 fully saturated rings. The van der Waals surface area contributed by atoms with Crippen molar-refractivity contribution in [2.24, 2.45) is 5.92 Å². The summed E-state index contributed by atoms with van der Waals surface area (Å²) >= 11 is 0. The first-order valence-corrected chi connectivity index (χ1v) is 5.02. The average molecular weight is 183 g/mol. The molecule has 3 nitrogen and oxygen atoms in total. The largest absolute Gasteiger partial charge is 0.394 e. The molecule has 1 unspecified atom stereocenters. The number of allylic oxidation sites excluding steroid dienone is 2. The number of aliphatic hydroxyl groups is 1. The van der Waals surface area contributed by atoms with Crippen molar-refractivity contribution in [2.45, 2.75) is 12.8 Å². The average Bonchev–Trinajstić information content (AvgIpc) is 2.73. The first-order valence-electron chi connectivity index (χ1n) is 5.02. The van der Waals surface area contributed by atoms with Crippen LogP contribution >= 0.6 is 0 Å². The van der Waals surface area contributed by atoms with E-state index in [0.29, 0.717) is 6.61 Å². The Morgan fingerprint density at radius 2 is 2.46 bits per heavy atom. The topological polar surface area (TPSA) is 32.7 Å². The molecule has 2 bridgehead atoms. The summed E-state index contributed by atoms with van der Waals surface area (Å²) < 4.78 is 5.23. The summed E-state index contributed by atoms with van der Waals surface area (Å²) in [5, 5.41) is 8.51. The standard InChI is InChI=1S/C10H17NO2/c12-4-6-13-5-3-11-8-9-1-2-10(11)7-9/h2,9,12H,1,3-8H2. The van der Waals surface area contributed by atoms with Crippen molar-refractivity contribution in [1.29, 1.82) is 0 Å². The Kier molecular flexibility index (Phi) is 2.86. The Labute approximate surface area is 79.0 Å². The highest BCUT2D eigenvalue weighted by molar-refractivity contribution is 5.15. The van der Waals surface area contributed by atoms with Crippen LogP contribution in [0.2, 0.25) is 0 Å². The predicted octanol–water partition coefficient (Wildman–Crippen LogP) is 0.605. The molecule has 0 aromatic heterocycles. The molecule has 0 aromatic rings. The van der Waals surface area contributed by atoms with Gasteiger partial charge in [0.25, 0.3) is 0 Å². The second-order valence-corrected chi connectivity index (χ2v) is 3.78. The Balaban J connectivity index is 1.66. The number of aliphatic hydroxyl groups excluding tert-OH is 1.